The average molecular weight is 1280 g/mol. The molecule has 6 aromatic heterocycles. The van der Waals surface area contributed by atoms with Gasteiger partial charge in [-0.3, -0.25) is 14.4 Å². The number of Topliss-reactive ketones (excluding diaryl/α,β-unsaturated/α-hetero) is 1. The van der Waals surface area contributed by atoms with Crippen molar-refractivity contribution in [3.05, 3.63) is 166 Å². The number of rotatable bonds is 6. The van der Waals surface area contributed by atoms with Crippen LogP contribution in [0.3, 0.4) is 0 Å². The second kappa shape index (κ2) is 50.2. The van der Waals surface area contributed by atoms with Gasteiger partial charge in [0.05, 0.1) is 24.9 Å². The summed E-state index contributed by atoms with van der Waals surface area (Å²) in [7, 11) is 3.56. The van der Waals surface area contributed by atoms with E-state index in [0.29, 0.717) is 31.0 Å². The van der Waals surface area contributed by atoms with E-state index in [1.165, 1.54) is 45.0 Å². The molecule has 5 aliphatic rings. The van der Waals surface area contributed by atoms with Gasteiger partial charge in [-0.25, -0.2) is 0 Å². The lowest BCUT2D eigenvalue weighted by Crippen LogP contribution is -2.26. The summed E-state index contributed by atoms with van der Waals surface area (Å²) in [5.41, 5.74) is 12.4. The topological polar surface area (TPSA) is 388 Å². The Balaban J connectivity index is -0.000000960. The van der Waals surface area contributed by atoms with Crippen LogP contribution < -0.4 is 0 Å². The van der Waals surface area contributed by atoms with Gasteiger partial charge in [-0.2, -0.15) is 67.1 Å². The second-order valence-electron chi connectivity index (χ2n) is 20.7. The molecule has 4 aliphatic heterocycles. The number of aromatic nitrogens is 6. The summed E-state index contributed by atoms with van der Waals surface area (Å²) in [5.74, 6) is -0.682. The van der Waals surface area contributed by atoms with Crippen LogP contribution in [0.15, 0.2) is 116 Å². The SMILES string of the molecule is CC1=CCC=C1.COC1Cc2cc(C)cn2C1.COC1Cc2cccn2C1.Cc1cc2n(c1)CC(=O)C2.Cc1cc2n(c1)CC(O)C2.Cc1ccn(CC(=O)O)c1.Cc1ccn(CC(=O)OC(C)(C)C)c1.O=C=O.O=C=O.O=C=O.O=C=O.O=C=O.O=C=O.O=C=O. The maximum Gasteiger partial charge on any atom is 0.373 e. The summed E-state index contributed by atoms with van der Waals surface area (Å²) in [6, 6.07) is 14.5. The summed E-state index contributed by atoms with van der Waals surface area (Å²) in [6.07, 6.45) is 29.4. The summed E-state index contributed by atoms with van der Waals surface area (Å²) in [5, 5.41) is 17.6. The Hall–Kier alpha value is -10.7. The number of ketones is 1. The van der Waals surface area contributed by atoms with Crippen molar-refractivity contribution in [1.82, 2.24) is 27.4 Å². The first-order chi connectivity index (χ1) is 43.5. The van der Waals surface area contributed by atoms with Crippen LogP contribution in [0.1, 0.15) is 84.7 Å². The van der Waals surface area contributed by atoms with Crippen molar-refractivity contribution in [2.24, 2.45) is 0 Å². The van der Waals surface area contributed by atoms with Crippen LogP contribution in [0.2, 0.25) is 0 Å². The first-order valence-corrected chi connectivity index (χ1v) is 27.4. The zero-order valence-corrected chi connectivity index (χ0v) is 53.1. The van der Waals surface area contributed by atoms with Crippen molar-refractivity contribution in [2.45, 2.75) is 158 Å². The van der Waals surface area contributed by atoms with Crippen LogP contribution in [0.5, 0.6) is 0 Å². The number of aliphatic carboxylic acids is 1. The lowest BCUT2D eigenvalue weighted by molar-refractivity contribution is -0.193. The number of esters is 1. The van der Waals surface area contributed by atoms with Gasteiger partial charge in [-0.15, -0.1) is 0 Å². The van der Waals surface area contributed by atoms with Crippen LogP contribution >= 0.6 is 0 Å². The van der Waals surface area contributed by atoms with E-state index in [-0.39, 0.29) is 68.2 Å². The number of carbonyl (C=O) groups excluding carboxylic acids is 16. The lowest BCUT2D eigenvalue weighted by atomic mass is 10.2. The van der Waals surface area contributed by atoms with Gasteiger partial charge >= 0.3 is 55.0 Å². The summed E-state index contributed by atoms with van der Waals surface area (Å²) in [6.45, 7) is 21.7. The number of nitrogens with zero attached hydrogens (tertiary/aromatic N) is 6. The molecule has 2 N–H and O–H groups in total. The van der Waals surface area contributed by atoms with Crippen LogP contribution in [0.4, 0.5) is 0 Å². The number of hydrogen-bond acceptors (Lipinski definition) is 21. The van der Waals surface area contributed by atoms with E-state index in [1.54, 1.807) is 31.2 Å². The van der Waals surface area contributed by atoms with Crippen molar-refractivity contribution in [3.8, 4) is 0 Å². The largest absolute Gasteiger partial charge is 0.480 e. The minimum atomic E-state index is -0.810. The van der Waals surface area contributed by atoms with E-state index in [0.717, 1.165) is 56.4 Å². The van der Waals surface area contributed by atoms with Crippen LogP contribution in [0, 0.1) is 34.6 Å². The number of ether oxygens (including phenoxy) is 3. The fourth-order valence-corrected chi connectivity index (χ4v) is 8.84. The minimum Gasteiger partial charge on any atom is -0.480 e. The van der Waals surface area contributed by atoms with Gasteiger partial charge in [-0.05, 0) is 139 Å². The van der Waals surface area contributed by atoms with Crippen molar-refractivity contribution in [2.75, 3.05) is 14.2 Å². The highest BCUT2D eigenvalue weighted by atomic mass is 16.6. The second-order valence-corrected chi connectivity index (χ2v) is 20.7. The molecule has 28 heteroatoms. The third-order valence-corrected chi connectivity index (χ3v) is 12.0. The molecule has 92 heavy (non-hydrogen) atoms. The molecule has 0 amide bonds. The van der Waals surface area contributed by atoms with Crippen molar-refractivity contribution >= 4 is 60.8 Å². The van der Waals surface area contributed by atoms with Gasteiger partial charge in [0, 0.05) is 132 Å². The molecule has 3 atom stereocenters. The third kappa shape index (κ3) is 40.7. The highest BCUT2D eigenvalue weighted by molar-refractivity contribution is 5.83. The number of carbonyl (C=O) groups is 3. The summed E-state index contributed by atoms with van der Waals surface area (Å²) >= 11 is 0. The number of fused-ring (bicyclic) bond motifs is 4. The van der Waals surface area contributed by atoms with Gasteiger partial charge in [0.2, 0.25) is 0 Å². The smallest absolute Gasteiger partial charge is 0.373 e. The molecule has 0 bridgehead atoms. The van der Waals surface area contributed by atoms with E-state index < -0.39 is 11.6 Å². The molecule has 0 saturated heterocycles. The normalized spacial score (nSPS) is 14.0. The molecular weight excluding hydrogens is 1200 g/mol. The fourth-order valence-electron chi connectivity index (χ4n) is 8.84. The third-order valence-electron chi connectivity index (χ3n) is 12.0. The highest BCUT2D eigenvalue weighted by Crippen LogP contribution is 2.21. The maximum atomic E-state index is 11.4. The van der Waals surface area contributed by atoms with Crippen LogP contribution in [-0.2, 0) is 161 Å². The summed E-state index contributed by atoms with van der Waals surface area (Å²) < 4.78 is 27.8. The molecule has 0 spiro atoms. The van der Waals surface area contributed by atoms with E-state index in [2.05, 4.69) is 109 Å². The minimum absolute atomic E-state index is 0.0494. The molecule has 28 nitrogen and oxygen atoms in total. The van der Waals surface area contributed by atoms with E-state index in [1.807, 2.05) is 74.5 Å². The maximum absolute atomic E-state index is 11.4. The number of carboxylic acid groups (broad SMARTS) is 1. The van der Waals surface area contributed by atoms with Crippen LogP contribution in [-0.4, -0.2) is 137 Å². The van der Waals surface area contributed by atoms with Gasteiger partial charge < -0.3 is 51.8 Å². The molecule has 6 aromatic rings. The Bertz CT molecular complexity index is 3230. The first kappa shape index (κ1) is 85.5. The molecule has 496 valence electrons. The number of aryl methyl sites for hydroxylation is 5. The number of carboxylic acids is 1. The molecular formula is C64H78N6O22. The average Bonchev–Trinajstić information content (AvgIpc) is 1.76. The Labute approximate surface area is 530 Å². The monoisotopic (exact) mass is 1280 g/mol. The predicted molar refractivity (Wildman–Crippen MR) is 314 cm³/mol. The van der Waals surface area contributed by atoms with E-state index in [9.17, 15) is 19.5 Å². The van der Waals surface area contributed by atoms with Crippen molar-refractivity contribution in [1.29, 1.82) is 0 Å². The molecule has 0 radical (unpaired) electrons. The molecule has 0 fully saturated rings. The Morgan fingerprint density at radius 1 is 0.533 bits per heavy atom. The molecule has 10 heterocycles. The van der Waals surface area contributed by atoms with Gasteiger partial charge in [0.15, 0.2) is 5.78 Å². The number of methoxy groups -OCH3 is 2. The van der Waals surface area contributed by atoms with Crippen molar-refractivity contribution < 1.29 is 106 Å². The fraction of sp³-hybridized carbons (Fsp3) is 0.406. The summed E-state index contributed by atoms with van der Waals surface area (Å²) in [4.78, 5) is 146. The van der Waals surface area contributed by atoms with Gasteiger partial charge in [0.25, 0.3) is 0 Å². The lowest BCUT2D eigenvalue weighted by Gasteiger charge is -2.19. The standard InChI is InChI=1S/C11H17NO2.C9H13NO.C8H11NO.C8H9NO.C8H11NO.C7H9NO2.C6H8.7CO2/c1-9-5-6-12(7-9)8-10(13)14-11(2,3)4;1-7-3-8-4-9(11-2)6-10(8)5-7;2*1-6-2-7-3-8(10)5-9(7)4-6;1-10-8-5-7-3-2-4-9(7)6-8;1-6-2-3-8(4-6)5-7(9)10;1-6-4-2-3-5-6;7*2-1-3/h5-7H,8H2,1-4H3;3,5,9H,4,6H2,1-2H3;2,4,8,10H,3,5H2,1H3;2,4H,3,5H2,1H3;2-4,8H,5-6H2,1H3;2-4H,5H2,1H3,(H,9,10);2,4-5H,3H2,1H3;;;;;;;. The van der Waals surface area contributed by atoms with Gasteiger partial charge in [0.1, 0.15) is 18.7 Å². The molecule has 11 rings (SSSR count). The number of aliphatic hydroxyl groups excluding tert-OH is 1. The van der Waals surface area contributed by atoms with E-state index in [4.69, 9.17) is 86.4 Å². The highest BCUT2D eigenvalue weighted by Gasteiger charge is 2.22. The van der Waals surface area contributed by atoms with Crippen molar-refractivity contribution in [3.63, 3.8) is 0 Å². The van der Waals surface area contributed by atoms with E-state index >= 15 is 0 Å². The zero-order chi connectivity index (χ0) is 70.8. The quantitative estimate of drug-likeness (QED) is 0.210. The zero-order valence-electron chi connectivity index (χ0n) is 53.1. The predicted octanol–water partition coefficient (Wildman–Crippen LogP) is 4.89. The van der Waals surface area contributed by atoms with Gasteiger partial charge in [-0.1, -0.05) is 23.8 Å². The number of aliphatic hydroxyl groups is 1. The van der Waals surface area contributed by atoms with Crippen LogP contribution in [0.25, 0.3) is 0 Å². The molecule has 0 aromatic carbocycles. The Kier molecular flexibility index (Phi) is 46.7. The number of hydrogen-bond donors (Lipinski definition) is 2. The molecule has 1 aliphatic carbocycles. The molecule has 3 unspecified atom stereocenters. The Morgan fingerprint density at radius 3 is 1.29 bits per heavy atom. The first-order valence-electron chi connectivity index (χ1n) is 27.4. The molecule has 0 saturated carbocycles. The Morgan fingerprint density at radius 2 is 0.946 bits per heavy atom. The number of allylic oxidation sites excluding steroid dienone is 4.